The molecule has 1 aromatic heterocycles. The number of hydrogen-bond acceptors (Lipinski definition) is 3. The van der Waals surface area contributed by atoms with Crippen LogP contribution in [0.25, 0.3) is 21.7 Å². The van der Waals surface area contributed by atoms with Crippen molar-refractivity contribution in [2.75, 3.05) is 18.0 Å². The average Bonchev–Trinajstić information content (AvgIpc) is 3.01. The molecule has 20 heavy (non-hydrogen) atoms. The molecule has 0 saturated carbocycles. The van der Waals surface area contributed by atoms with Crippen molar-refractivity contribution in [3.05, 3.63) is 52.7 Å². The van der Waals surface area contributed by atoms with E-state index in [2.05, 4.69) is 4.90 Å². The lowest BCUT2D eigenvalue weighted by molar-refractivity contribution is 0.587. The Labute approximate surface area is 116 Å². The molecule has 4 rings (SSSR count). The molecule has 0 aliphatic carbocycles. The number of rotatable bonds is 1. The second-order valence-electron chi connectivity index (χ2n) is 5.30. The molecule has 0 atom stereocenters. The fourth-order valence-corrected chi connectivity index (χ4v) is 3.01. The van der Waals surface area contributed by atoms with Gasteiger partial charge in [0.25, 0.3) is 0 Å². The highest BCUT2D eigenvalue weighted by molar-refractivity contribution is 6.05. The average molecular weight is 265 g/mol. The Bertz CT molecular complexity index is 844. The SMILES string of the molecule is O=c1cc(N2CCCC2)oc2ccc3ccccc3c12. The van der Waals surface area contributed by atoms with Crippen LogP contribution in [-0.2, 0) is 0 Å². The Hall–Kier alpha value is -2.29. The van der Waals surface area contributed by atoms with Gasteiger partial charge in [0.2, 0.25) is 0 Å². The molecule has 1 aliphatic rings. The zero-order valence-electron chi connectivity index (χ0n) is 11.1. The highest BCUT2D eigenvalue weighted by Crippen LogP contribution is 2.27. The fraction of sp³-hybridized carbons (Fsp3) is 0.235. The third-order valence-electron chi connectivity index (χ3n) is 4.02. The van der Waals surface area contributed by atoms with Crippen LogP contribution < -0.4 is 10.3 Å². The van der Waals surface area contributed by atoms with Crippen LogP contribution in [0.2, 0.25) is 0 Å². The first-order valence-corrected chi connectivity index (χ1v) is 7.03. The standard InChI is InChI=1S/C17H15NO2/c19-14-11-16(18-9-3-4-10-18)20-15-8-7-12-5-1-2-6-13(12)17(14)15/h1-2,5-8,11H,3-4,9-10H2. The van der Waals surface area contributed by atoms with Gasteiger partial charge in [-0.05, 0) is 29.7 Å². The minimum atomic E-state index is 0.0462. The summed E-state index contributed by atoms with van der Waals surface area (Å²) < 4.78 is 5.96. The zero-order chi connectivity index (χ0) is 13.5. The van der Waals surface area contributed by atoms with Crippen LogP contribution in [0.15, 0.2) is 51.7 Å². The first-order valence-electron chi connectivity index (χ1n) is 7.03. The maximum Gasteiger partial charge on any atom is 0.199 e. The van der Waals surface area contributed by atoms with Crippen LogP contribution in [0, 0.1) is 0 Å². The predicted molar refractivity (Wildman–Crippen MR) is 81.4 cm³/mol. The molecule has 0 N–H and O–H groups in total. The summed E-state index contributed by atoms with van der Waals surface area (Å²) in [6.45, 7) is 1.95. The summed E-state index contributed by atoms with van der Waals surface area (Å²) in [5.74, 6) is 0.704. The van der Waals surface area contributed by atoms with Gasteiger partial charge >= 0.3 is 0 Å². The summed E-state index contributed by atoms with van der Waals surface area (Å²) in [7, 11) is 0. The van der Waals surface area contributed by atoms with E-state index in [1.807, 2.05) is 36.4 Å². The minimum absolute atomic E-state index is 0.0462. The van der Waals surface area contributed by atoms with Gasteiger partial charge in [-0.25, -0.2) is 0 Å². The van der Waals surface area contributed by atoms with E-state index >= 15 is 0 Å². The molecule has 1 fully saturated rings. The maximum atomic E-state index is 12.5. The third kappa shape index (κ3) is 1.70. The van der Waals surface area contributed by atoms with Gasteiger partial charge in [-0.15, -0.1) is 0 Å². The molecule has 0 radical (unpaired) electrons. The summed E-state index contributed by atoms with van der Waals surface area (Å²) in [5, 5.41) is 2.72. The summed E-state index contributed by atoms with van der Waals surface area (Å²) in [4.78, 5) is 14.6. The van der Waals surface area contributed by atoms with Crippen molar-refractivity contribution in [2.24, 2.45) is 0 Å². The number of hydrogen-bond donors (Lipinski definition) is 0. The second kappa shape index (κ2) is 4.37. The molecule has 0 amide bonds. The normalized spacial score (nSPS) is 15.3. The monoisotopic (exact) mass is 265 g/mol. The molecule has 1 saturated heterocycles. The van der Waals surface area contributed by atoms with Gasteiger partial charge in [0.15, 0.2) is 11.3 Å². The van der Waals surface area contributed by atoms with E-state index in [0.29, 0.717) is 16.9 Å². The number of fused-ring (bicyclic) bond motifs is 3. The Kier molecular flexibility index (Phi) is 2.52. The van der Waals surface area contributed by atoms with Crippen molar-refractivity contribution in [3.63, 3.8) is 0 Å². The lowest BCUT2D eigenvalue weighted by Gasteiger charge is -2.16. The Morgan fingerprint density at radius 2 is 1.80 bits per heavy atom. The minimum Gasteiger partial charge on any atom is -0.440 e. The van der Waals surface area contributed by atoms with E-state index in [-0.39, 0.29) is 5.43 Å². The lowest BCUT2D eigenvalue weighted by Crippen LogP contribution is -2.19. The molecule has 3 heteroatoms. The van der Waals surface area contributed by atoms with Crippen molar-refractivity contribution in [2.45, 2.75) is 12.8 Å². The van der Waals surface area contributed by atoms with Gasteiger partial charge in [-0.1, -0.05) is 30.3 Å². The number of anilines is 1. The third-order valence-corrected chi connectivity index (χ3v) is 4.02. The summed E-state index contributed by atoms with van der Waals surface area (Å²) in [6.07, 6.45) is 2.33. The van der Waals surface area contributed by atoms with Crippen LogP contribution in [0.1, 0.15) is 12.8 Å². The van der Waals surface area contributed by atoms with Crippen LogP contribution in [0.3, 0.4) is 0 Å². The first-order chi connectivity index (χ1) is 9.83. The van der Waals surface area contributed by atoms with E-state index in [9.17, 15) is 4.79 Å². The van der Waals surface area contributed by atoms with Gasteiger partial charge in [-0.2, -0.15) is 0 Å². The van der Waals surface area contributed by atoms with Crippen LogP contribution in [0.4, 0.5) is 5.88 Å². The van der Waals surface area contributed by atoms with Gasteiger partial charge < -0.3 is 9.32 Å². The van der Waals surface area contributed by atoms with Gasteiger partial charge in [0.1, 0.15) is 5.58 Å². The molecule has 3 aromatic rings. The Balaban J connectivity index is 2.02. The molecule has 0 spiro atoms. The zero-order valence-corrected chi connectivity index (χ0v) is 11.1. The van der Waals surface area contributed by atoms with Crippen molar-refractivity contribution < 1.29 is 4.42 Å². The van der Waals surface area contributed by atoms with Gasteiger partial charge in [-0.3, -0.25) is 4.79 Å². The molecule has 100 valence electrons. The summed E-state index contributed by atoms with van der Waals surface area (Å²) >= 11 is 0. The van der Waals surface area contributed by atoms with E-state index in [4.69, 9.17) is 4.42 Å². The number of nitrogens with zero attached hydrogens (tertiary/aromatic N) is 1. The highest BCUT2D eigenvalue weighted by Gasteiger charge is 2.16. The second-order valence-corrected chi connectivity index (χ2v) is 5.30. The lowest BCUT2D eigenvalue weighted by atomic mass is 10.1. The summed E-state index contributed by atoms with van der Waals surface area (Å²) in [6, 6.07) is 13.5. The Morgan fingerprint density at radius 3 is 2.65 bits per heavy atom. The van der Waals surface area contributed by atoms with Crippen LogP contribution in [0.5, 0.6) is 0 Å². The maximum absolute atomic E-state index is 12.5. The van der Waals surface area contributed by atoms with E-state index in [1.165, 1.54) is 12.8 Å². The van der Waals surface area contributed by atoms with Crippen molar-refractivity contribution >= 4 is 27.6 Å². The quantitative estimate of drug-likeness (QED) is 0.631. The number of benzene rings is 2. The van der Waals surface area contributed by atoms with Crippen molar-refractivity contribution in [3.8, 4) is 0 Å². The molecular formula is C17H15NO2. The van der Waals surface area contributed by atoms with E-state index in [0.717, 1.165) is 23.9 Å². The van der Waals surface area contributed by atoms with Gasteiger partial charge in [0.05, 0.1) is 5.39 Å². The molecule has 1 aliphatic heterocycles. The highest BCUT2D eigenvalue weighted by atomic mass is 16.4. The van der Waals surface area contributed by atoms with Crippen LogP contribution in [-0.4, -0.2) is 13.1 Å². The largest absolute Gasteiger partial charge is 0.440 e. The summed E-state index contributed by atoms with van der Waals surface area (Å²) in [5.41, 5.74) is 0.725. The van der Waals surface area contributed by atoms with Crippen molar-refractivity contribution in [1.82, 2.24) is 0 Å². The molecule has 0 bridgehead atoms. The smallest absolute Gasteiger partial charge is 0.199 e. The molecule has 3 nitrogen and oxygen atoms in total. The molecule has 2 heterocycles. The molecular weight excluding hydrogens is 250 g/mol. The first kappa shape index (κ1) is 11.5. The van der Waals surface area contributed by atoms with Crippen molar-refractivity contribution in [1.29, 1.82) is 0 Å². The van der Waals surface area contributed by atoms with E-state index in [1.54, 1.807) is 6.07 Å². The molecule has 2 aromatic carbocycles. The predicted octanol–water partition coefficient (Wildman–Crippen LogP) is 3.55. The topological polar surface area (TPSA) is 33.5 Å². The Morgan fingerprint density at radius 1 is 1.00 bits per heavy atom. The molecule has 0 unspecified atom stereocenters. The van der Waals surface area contributed by atoms with Gasteiger partial charge in [0, 0.05) is 19.2 Å². The van der Waals surface area contributed by atoms with Crippen LogP contribution >= 0.6 is 0 Å². The van der Waals surface area contributed by atoms with E-state index < -0.39 is 0 Å². The fourth-order valence-electron chi connectivity index (χ4n) is 3.01.